The van der Waals surface area contributed by atoms with Crippen LogP contribution in [0.25, 0.3) is 0 Å². The van der Waals surface area contributed by atoms with Crippen LogP contribution >= 0.6 is 0 Å². The van der Waals surface area contributed by atoms with Crippen LogP contribution in [0.3, 0.4) is 0 Å². The molecule has 0 unspecified atom stereocenters. The van der Waals surface area contributed by atoms with Crippen LogP contribution in [-0.4, -0.2) is 64.1 Å². The molecule has 3 rings (SSSR count). The average Bonchev–Trinajstić information content (AvgIpc) is 3.19. The van der Waals surface area contributed by atoms with Crippen LogP contribution in [0.15, 0.2) is 53.1 Å². The SMILES string of the molecule is CC1=CC[C@H](CO[Si](C)(C)C(C)(C)C)C(COCc2ccccc2)=C2CC(COS(C)(=O)=O)(COS(C)(=O)=O)C[C@@H]12. The van der Waals surface area contributed by atoms with Gasteiger partial charge in [-0.15, -0.1) is 0 Å². The Morgan fingerprint density at radius 3 is 2.07 bits per heavy atom. The molecule has 1 saturated carbocycles. The molecule has 0 N–H and O–H groups in total. The first-order valence-corrected chi connectivity index (χ1v) is 20.7. The van der Waals surface area contributed by atoms with Gasteiger partial charge in [0.2, 0.25) is 0 Å². The zero-order chi connectivity index (χ0) is 30.7. The molecule has 41 heavy (non-hydrogen) atoms. The van der Waals surface area contributed by atoms with Gasteiger partial charge in [-0.25, -0.2) is 0 Å². The molecule has 0 amide bonds. The molecular formula is C30H48O8S2Si. The summed E-state index contributed by atoms with van der Waals surface area (Å²) in [7, 11) is -9.50. The largest absolute Gasteiger partial charge is 0.416 e. The number of allylic oxidation sites excluding steroid dienone is 3. The lowest BCUT2D eigenvalue weighted by Gasteiger charge is -2.37. The number of fused-ring (bicyclic) bond motifs is 1. The third kappa shape index (κ3) is 9.84. The molecule has 2 aliphatic rings. The molecule has 11 heteroatoms. The summed E-state index contributed by atoms with van der Waals surface area (Å²) >= 11 is 0. The van der Waals surface area contributed by atoms with Crippen molar-refractivity contribution < 1.29 is 34.4 Å². The van der Waals surface area contributed by atoms with Crippen molar-refractivity contribution in [1.82, 2.24) is 0 Å². The van der Waals surface area contributed by atoms with Crippen molar-refractivity contribution in [3.63, 3.8) is 0 Å². The van der Waals surface area contributed by atoms with Crippen LogP contribution in [0.5, 0.6) is 0 Å². The predicted octanol–water partition coefficient (Wildman–Crippen LogP) is 5.84. The minimum Gasteiger partial charge on any atom is -0.416 e. The first-order valence-electron chi connectivity index (χ1n) is 14.1. The fourth-order valence-electron chi connectivity index (χ4n) is 5.29. The van der Waals surface area contributed by atoms with Crippen molar-refractivity contribution in [3.05, 3.63) is 58.7 Å². The zero-order valence-corrected chi connectivity index (χ0v) is 28.5. The molecule has 8 nitrogen and oxygen atoms in total. The highest BCUT2D eigenvalue weighted by atomic mass is 32.2. The second-order valence-corrected chi connectivity index (χ2v) is 21.4. The molecule has 1 aromatic carbocycles. The maximum Gasteiger partial charge on any atom is 0.264 e. The molecule has 2 aliphatic carbocycles. The second kappa shape index (κ2) is 13.1. The Labute approximate surface area is 248 Å². The van der Waals surface area contributed by atoms with Crippen molar-refractivity contribution in [2.24, 2.45) is 17.3 Å². The van der Waals surface area contributed by atoms with Gasteiger partial charge in [-0.05, 0) is 55.5 Å². The number of rotatable bonds is 13. The number of benzene rings is 1. The molecular weight excluding hydrogens is 581 g/mol. The van der Waals surface area contributed by atoms with Crippen LogP contribution in [0.2, 0.25) is 18.1 Å². The van der Waals surface area contributed by atoms with Gasteiger partial charge in [-0.2, -0.15) is 16.8 Å². The quantitative estimate of drug-likeness (QED) is 0.153. The molecule has 2 atom stereocenters. The second-order valence-electron chi connectivity index (χ2n) is 13.3. The highest BCUT2D eigenvalue weighted by Gasteiger charge is 2.47. The van der Waals surface area contributed by atoms with Crippen molar-refractivity contribution in [1.29, 1.82) is 0 Å². The van der Waals surface area contributed by atoms with E-state index in [-0.39, 0.29) is 30.1 Å². The first kappa shape index (κ1) is 34.2. The normalized spacial score (nSPS) is 21.9. The van der Waals surface area contributed by atoms with E-state index in [0.29, 0.717) is 32.7 Å². The average molecular weight is 629 g/mol. The van der Waals surface area contributed by atoms with Crippen LogP contribution < -0.4 is 0 Å². The molecule has 0 aromatic heterocycles. The lowest BCUT2D eigenvalue weighted by atomic mass is 9.85. The van der Waals surface area contributed by atoms with Gasteiger partial charge < -0.3 is 9.16 Å². The first-order chi connectivity index (χ1) is 18.8. The Balaban J connectivity index is 2.00. The van der Waals surface area contributed by atoms with E-state index in [0.717, 1.165) is 35.6 Å². The Hall–Kier alpha value is -1.34. The van der Waals surface area contributed by atoms with Crippen LogP contribution in [0.1, 0.15) is 52.5 Å². The van der Waals surface area contributed by atoms with Crippen LogP contribution in [0.4, 0.5) is 0 Å². The molecule has 0 spiro atoms. The smallest absolute Gasteiger partial charge is 0.264 e. The maximum atomic E-state index is 12.0. The molecule has 0 aliphatic heterocycles. The Morgan fingerprint density at radius 1 is 0.951 bits per heavy atom. The summed E-state index contributed by atoms with van der Waals surface area (Å²) in [6, 6.07) is 10.0. The summed E-state index contributed by atoms with van der Waals surface area (Å²) < 4.78 is 71.5. The standard InChI is InChI=1S/C30H48O8S2Si/c1-23-14-15-25(19-38-41(7,8)29(2,3)4)28(20-35-18-24-12-10-9-11-13-24)27-17-30(16-26(23)27,21-36-39(5,31)32)22-37-40(6,33)34/h9-14,25-26H,15-22H2,1-8H3/t25-,26+/m1/s1. The van der Waals surface area contributed by atoms with Gasteiger partial charge in [0.05, 0.1) is 38.9 Å². The highest BCUT2D eigenvalue weighted by molar-refractivity contribution is 7.86. The molecule has 232 valence electrons. The summed E-state index contributed by atoms with van der Waals surface area (Å²) in [6.07, 6.45) is 6.05. The summed E-state index contributed by atoms with van der Waals surface area (Å²) in [5.74, 6) is 0.0896. The molecule has 1 fully saturated rings. The van der Waals surface area contributed by atoms with Crippen molar-refractivity contribution in [2.75, 3.05) is 38.9 Å². The lowest BCUT2D eigenvalue weighted by molar-refractivity contribution is 0.0899. The van der Waals surface area contributed by atoms with Gasteiger partial charge in [0.25, 0.3) is 20.2 Å². The molecule has 0 saturated heterocycles. The van der Waals surface area contributed by atoms with Gasteiger partial charge in [0.1, 0.15) is 0 Å². The van der Waals surface area contributed by atoms with Crippen molar-refractivity contribution in [3.8, 4) is 0 Å². The summed E-state index contributed by atoms with van der Waals surface area (Å²) in [6.45, 7) is 14.4. The van der Waals surface area contributed by atoms with E-state index < -0.39 is 34.0 Å². The van der Waals surface area contributed by atoms with Crippen molar-refractivity contribution in [2.45, 2.75) is 71.7 Å². The Kier molecular flexibility index (Phi) is 10.9. The van der Waals surface area contributed by atoms with Gasteiger partial charge in [-0.3, -0.25) is 8.37 Å². The van der Waals surface area contributed by atoms with Crippen LogP contribution in [0, 0.1) is 17.3 Å². The Morgan fingerprint density at radius 2 is 1.54 bits per heavy atom. The van der Waals surface area contributed by atoms with Gasteiger partial charge in [-0.1, -0.05) is 68.3 Å². The molecule has 0 bridgehead atoms. The minimum absolute atomic E-state index is 0.00881. The number of hydrogen-bond acceptors (Lipinski definition) is 8. The van der Waals surface area contributed by atoms with E-state index >= 15 is 0 Å². The summed E-state index contributed by atoms with van der Waals surface area (Å²) in [5, 5.41) is 0.0671. The van der Waals surface area contributed by atoms with E-state index in [1.807, 2.05) is 30.3 Å². The van der Waals surface area contributed by atoms with Crippen LogP contribution in [-0.2, 0) is 44.4 Å². The molecule has 1 aromatic rings. The number of hydrogen-bond donors (Lipinski definition) is 0. The summed E-state index contributed by atoms with van der Waals surface area (Å²) in [5.41, 5.74) is 3.74. The fourth-order valence-corrected chi connectivity index (χ4v) is 7.27. The van der Waals surface area contributed by atoms with Crippen molar-refractivity contribution >= 4 is 28.6 Å². The number of ether oxygens (including phenoxy) is 1. The molecule has 0 heterocycles. The van der Waals surface area contributed by atoms with E-state index in [4.69, 9.17) is 17.5 Å². The molecule has 0 radical (unpaired) electrons. The monoisotopic (exact) mass is 628 g/mol. The van der Waals surface area contributed by atoms with Gasteiger partial charge >= 0.3 is 0 Å². The van der Waals surface area contributed by atoms with E-state index in [2.05, 4.69) is 46.9 Å². The Bertz CT molecular complexity index is 1290. The van der Waals surface area contributed by atoms with E-state index in [1.54, 1.807) is 0 Å². The van der Waals surface area contributed by atoms with Gasteiger partial charge in [0, 0.05) is 23.9 Å². The fraction of sp³-hybridized carbons (Fsp3) is 0.667. The predicted molar refractivity (Wildman–Crippen MR) is 165 cm³/mol. The zero-order valence-electron chi connectivity index (χ0n) is 25.9. The van der Waals surface area contributed by atoms with Gasteiger partial charge in [0.15, 0.2) is 8.32 Å². The summed E-state index contributed by atoms with van der Waals surface area (Å²) in [4.78, 5) is 0. The highest BCUT2D eigenvalue weighted by Crippen LogP contribution is 2.52. The third-order valence-corrected chi connectivity index (χ3v) is 14.4. The third-order valence-electron chi connectivity index (χ3n) is 8.78. The van der Waals surface area contributed by atoms with E-state index in [9.17, 15) is 16.8 Å². The maximum absolute atomic E-state index is 12.0. The van der Waals surface area contributed by atoms with E-state index in [1.165, 1.54) is 5.57 Å². The topological polar surface area (TPSA) is 105 Å². The minimum atomic E-state index is -3.74. The lowest BCUT2D eigenvalue weighted by Crippen LogP contribution is -2.42.